The summed E-state index contributed by atoms with van der Waals surface area (Å²) in [6, 6.07) is 0.631. The molecule has 0 bridgehead atoms. The van der Waals surface area contributed by atoms with Crippen molar-refractivity contribution in [3.05, 3.63) is 0 Å². The first kappa shape index (κ1) is 16.2. The van der Waals surface area contributed by atoms with E-state index >= 15 is 0 Å². The third kappa shape index (κ3) is 2.76. The van der Waals surface area contributed by atoms with Crippen LogP contribution in [-0.2, 0) is 0 Å². The molecule has 118 valence electrons. The fourth-order valence-corrected chi connectivity index (χ4v) is 4.04. The van der Waals surface area contributed by atoms with Gasteiger partial charge in [-0.05, 0) is 73.8 Å². The SMILES string of the molecule is CC1CC(CN)(N(C)CC2(N(C)C)CCC2)CCN1C. The number of likely N-dealkylation sites (N-methyl/N-ethyl adjacent to an activating group) is 2. The Morgan fingerprint density at radius 1 is 1.15 bits per heavy atom. The molecule has 2 N–H and O–H groups in total. The minimum atomic E-state index is 0.199. The largest absolute Gasteiger partial charge is 0.329 e. The third-order valence-electron chi connectivity index (χ3n) is 6.31. The Morgan fingerprint density at radius 3 is 2.20 bits per heavy atom. The molecule has 0 aromatic carbocycles. The van der Waals surface area contributed by atoms with E-state index < -0.39 is 0 Å². The highest BCUT2D eigenvalue weighted by Gasteiger charge is 2.45. The number of hydrogen-bond acceptors (Lipinski definition) is 4. The zero-order valence-corrected chi connectivity index (χ0v) is 14.2. The number of piperidine rings is 1. The van der Waals surface area contributed by atoms with E-state index in [0.29, 0.717) is 11.6 Å². The Balaban J connectivity index is 2.07. The van der Waals surface area contributed by atoms with E-state index in [4.69, 9.17) is 5.73 Å². The van der Waals surface area contributed by atoms with Gasteiger partial charge in [-0.15, -0.1) is 0 Å². The average Bonchev–Trinajstić information content (AvgIpc) is 2.36. The number of nitrogens with zero attached hydrogens (tertiary/aromatic N) is 3. The lowest BCUT2D eigenvalue weighted by atomic mass is 9.73. The van der Waals surface area contributed by atoms with Crippen molar-refractivity contribution in [1.82, 2.24) is 14.7 Å². The molecule has 1 heterocycles. The third-order valence-corrected chi connectivity index (χ3v) is 6.31. The van der Waals surface area contributed by atoms with E-state index in [0.717, 1.165) is 19.6 Å². The van der Waals surface area contributed by atoms with Crippen molar-refractivity contribution in [2.75, 3.05) is 47.8 Å². The fourth-order valence-electron chi connectivity index (χ4n) is 4.04. The highest BCUT2D eigenvalue weighted by atomic mass is 15.3. The average molecular weight is 282 g/mol. The highest BCUT2D eigenvalue weighted by Crippen LogP contribution is 2.39. The molecule has 2 unspecified atom stereocenters. The molecule has 2 rings (SSSR count). The van der Waals surface area contributed by atoms with Crippen LogP contribution >= 0.6 is 0 Å². The molecule has 1 saturated heterocycles. The molecular weight excluding hydrogens is 248 g/mol. The van der Waals surface area contributed by atoms with Crippen LogP contribution in [0.5, 0.6) is 0 Å². The highest BCUT2D eigenvalue weighted by molar-refractivity contribution is 5.04. The number of rotatable bonds is 5. The fraction of sp³-hybridized carbons (Fsp3) is 1.00. The molecule has 0 aromatic heterocycles. The summed E-state index contributed by atoms with van der Waals surface area (Å²) in [5.74, 6) is 0. The topological polar surface area (TPSA) is 35.7 Å². The van der Waals surface area contributed by atoms with E-state index in [9.17, 15) is 0 Å². The van der Waals surface area contributed by atoms with Crippen LogP contribution in [0.2, 0.25) is 0 Å². The van der Waals surface area contributed by atoms with E-state index in [1.54, 1.807) is 0 Å². The molecule has 0 spiro atoms. The lowest BCUT2D eigenvalue weighted by molar-refractivity contribution is -0.0350. The predicted octanol–water partition coefficient (Wildman–Crippen LogP) is 1.21. The smallest absolute Gasteiger partial charge is 0.0356 e. The molecule has 1 saturated carbocycles. The van der Waals surface area contributed by atoms with Crippen LogP contribution in [0.1, 0.15) is 39.0 Å². The Labute approximate surface area is 125 Å². The molecule has 4 heteroatoms. The van der Waals surface area contributed by atoms with Crippen molar-refractivity contribution in [3.63, 3.8) is 0 Å². The van der Waals surface area contributed by atoms with Gasteiger partial charge in [-0.3, -0.25) is 4.90 Å². The van der Waals surface area contributed by atoms with Gasteiger partial charge >= 0.3 is 0 Å². The van der Waals surface area contributed by atoms with Gasteiger partial charge in [0.15, 0.2) is 0 Å². The van der Waals surface area contributed by atoms with Crippen molar-refractivity contribution in [3.8, 4) is 0 Å². The Kier molecular flexibility index (Phi) is 4.80. The first-order chi connectivity index (χ1) is 9.35. The minimum absolute atomic E-state index is 0.199. The molecule has 0 aromatic rings. The maximum Gasteiger partial charge on any atom is 0.0356 e. The van der Waals surface area contributed by atoms with E-state index in [1.807, 2.05) is 0 Å². The lowest BCUT2D eigenvalue weighted by Gasteiger charge is -2.55. The Hall–Kier alpha value is -0.160. The summed E-state index contributed by atoms with van der Waals surface area (Å²) in [4.78, 5) is 7.50. The zero-order valence-electron chi connectivity index (χ0n) is 14.2. The number of likely N-dealkylation sites (tertiary alicyclic amines) is 1. The van der Waals surface area contributed by atoms with Crippen LogP contribution in [0.4, 0.5) is 0 Å². The summed E-state index contributed by atoms with van der Waals surface area (Å²) in [7, 11) is 9.01. The van der Waals surface area contributed by atoms with Gasteiger partial charge in [0.2, 0.25) is 0 Å². The normalized spacial score (nSPS) is 34.5. The van der Waals surface area contributed by atoms with Gasteiger partial charge in [0.05, 0.1) is 0 Å². The maximum atomic E-state index is 6.23. The molecule has 0 amide bonds. The number of nitrogens with two attached hydrogens (primary N) is 1. The van der Waals surface area contributed by atoms with Crippen molar-refractivity contribution in [1.29, 1.82) is 0 Å². The molecular formula is C16H34N4. The van der Waals surface area contributed by atoms with Gasteiger partial charge in [-0.25, -0.2) is 0 Å². The van der Waals surface area contributed by atoms with E-state index in [-0.39, 0.29) is 5.54 Å². The molecule has 20 heavy (non-hydrogen) atoms. The van der Waals surface area contributed by atoms with E-state index in [1.165, 1.54) is 32.1 Å². The van der Waals surface area contributed by atoms with E-state index in [2.05, 4.69) is 49.8 Å². The Morgan fingerprint density at radius 2 is 1.80 bits per heavy atom. The summed E-state index contributed by atoms with van der Waals surface area (Å²) in [6.45, 7) is 5.44. The minimum Gasteiger partial charge on any atom is -0.329 e. The van der Waals surface area contributed by atoms with Crippen molar-refractivity contribution in [2.24, 2.45) is 5.73 Å². The second-order valence-corrected chi connectivity index (χ2v) is 7.54. The van der Waals surface area contributed by atoms with Gasteiger partial charge in [0.1, 0.15) is 0 Å². The summed E-state index contributed by atoms with van der Waals surface area (Å²) in [5.41, 5.74) is 6.82. The van der Waals surface area contributed by atoms with Crippen LogP contribution in [0, 0.1) is 0 Å². The second-order valence-electron chi connectivity index (χ2n) is 7.54. The molecule has 0 radical (unpaired) electrons. The first-order valence-corrected chi connectivity index (χ1v) is 8.14. The van der Waals surface area contributed by atoms with Gasteiger partial charge in [-0.2, -0.15) is 0 Å². The molecule has 1 aliphatic carbocycles. The van der Waals surface area contributed by atoms with Crippen LogP contribution in [0.25, 0.3) is 0 Å². The quantitative estimate of drug-likeness (QED) is 0.822. The first-order valence-electron chi connectivity index (χ1n) is 8.14. The van der Waals surface area contributed by atoms with Gasteiger partial charge in [-0.1, -0.05) is 0 Å². The lowest BCUT2D eigenvalue weighted by Crippen LogP contribution is -2.65. The summed E-state index contributed by atoms with van der Waals surface area (Å²) < 4.78 is 0. The molecule has 4 nitrogen and oxygen atoms in total. The molecule has 2 aliphatic rings. The molecule has 1 aliphatic heterocycles. The standard InChI is InChI=1S/C16H34N4/c1-14-11-16(12-17,9-10-19(14)4)20(5)13-15(18(2)3)7-6-8-15/h14H,6-13,17H2,1-5H3. The van der Waals surface area contributed by atoms with Crippen LogP contribution in [0.15, 0.2) is 0 Å². The van der Waals surface area contributed by atoms with Crippen LogP contribution < -0.4 is 5.73 Å². The van der Waals surface area contributed by atoms with Crippen molar-refractivity contribution >= 4 is 0 Å². The molecule has 2 atom stereocenters. The zero-order chi connectivity index (χ0) is 15.0. The summed E-state index contributed by atoms with van der Waals surface area (Å²) >= 11 is 0. The van der Waals surface area contributed by atoms with Crippen molar-refractivity contribution in [2.45, 2.75) is 56.1 Å². The Bertz CT molecular complexity index is 326. The predicted molar refractivity (Wildman–Crippen MR) is 86.0 cm³/mol. The van der Waals surface area contributed by atoms with Crippen LogP contribution in [0.3, 0.4) is 0 Å². The van der Waals surface area contributed by atoms with Gasteiger partial charge in [0.25, 0.3) is 0 Å². The summed E-state index contributed by atoms with van der Waals surface area (Å²) in [5, 5.41) is 0. The monoisotopic (exact) mass is 282 g/mol. The van der Waals surface area contributed by atoms with Gasteiger partial charge < -0.3 is 15.5 Å². The van der Waals surface area contributed by atoms with Gasteiger partial charge in [0, 0.05) is 30.2 Å². The maximum absolute atomic E-state index is 6.23. The number of hydrogen-bond donors (Lipinski definition) is 1. The summed E-state index contributed by atoms with van der Waals surface area (Å²) in [6.07, 6.45) is 6.44. The second kappa shape index (κ2) is 5.91. The molecule has 2 fully saturated rings. The van der Waals surface area contributed by atoms with Crippen molar-refractivity contribution < 1.29 is 0 Å². The van der Waals surface area contributed by atoms with Crippen LogP contribution in [-0.4, -0.2) is 79.6 Å².